The van der Waals surface area contributed by atoms with Crippen LogP contribution in [0.15, 0.2) is 42.5 Å². The molecule has 0 radical (unpaired) electrons. The maximum Gasteiger partial charge on any atom is 0.139 e. The molecular weight excluding hydrogens is 386 g/mol. The van der Waals surface area contributed by atoms with E-state index >= 15 is 0 Å². The van der Waals surface area contributed by atoms with E-state index in [9.17, 15) is 0 Å². The minimum atomic E-state index is 0.0341. The molecule has 0 saturated carbocycles. The van der Waals surface area contributed by atoms with Crippen molar-refractivity contribution >= 4 is 11.6 Å². The van der Waals surface area contributed by atoms with Crippen molar-refractivity contribution in [2.45, 2.75) is 38.4 Å². The van der Waals surface area contributed by atoms with Crippen molar-refractivity contribution in [3.05, 3.63) is 70.0 Å². The topological polar surface area (TPSA) is 61.4 Å². The van der Waals surface area contributed by atoms with E-state index < -0.39 is 0 Å². The van der Waals surface area contributed by atoms with E-state index in [1.807, 2.05) is 36.4 Å². The molecule has 0 fully saturated rings. The average molecular weight is 410 g/mol. The Balaban J connectivity index is 1.34. The fourth-order valence-electron chi connectivity index (χ4n) is 4.52. The highest BCUT2D eigenvalue weighted by molar-refractivity contribution is 6.33. The second kappa shape index (κ2) is 7.82. The number of nitrogens with zero attached hydrogens (tertiary/aromatic N) is 2. The molecule has 29 heavy (non-hydrogen) atoms. The number of fused-ring (bicyclic) bond motifs is 2. The number of ether oxygens (including phenoxy) is 1. The summed E-state index contributed by atoms with van der Waals surface area (Å²) in [6, 6.07) is 14.5. The lowest BCUT2D eigenvalue weighted by atomic mass is 9.95. The Morgan fingerprint density at radius 3 is 2.93 bits per heavy atom. The van der Waals surface area contributed by atoms with E-state index in [1.54, 1.807) is 0 Å². The van der Waals surface area contributed by atoms with Crippen LogP contribution in [0.2, 0.25) is 5.02 Å². The van der Waals surface area contributed by atoms with Gasteiger partial charge >= 0.3 is 0 Å². The number of rotatable bonds is 5. The van der Waals surface area contributed by atoms with Crippen LogP contribution in [0.25, 0.3) is 11.4 Å². The summed E-state index contributed by atoms with van der Waals surface area (Å²) in [6.07, 6.45) is 3.04. The predicted molar refractivity (Wildman–Crippen MR) is 113 cm³/mol. The van der Waals surface area contributed by atoms with E-state index in [2.05, 4.69) is 16.0 Å². The van der Waals surface area contributed by atoms with E-state index in [-0.39, 0.29) is 6.61 Å². The number of aromatic nitrogens is 2. The van der Waals surface area contributed by atoms with Crippen molar-refractivity contribution in [1.29, 1.82) is 0 Å². The van der Waals surface area contributed by atoms with Gasteiger partial charge in [0.05, 0.1) is 17.3 Å². The Morgan fingerprint density at radius 2 is 2.07 bits per heavy atom. The molecule has 0 amide bonds. The number of nitrogens with one attached hydrogen (secondary N) is 1. The van der Waals surface area contributed by atoms with Crippen molar-refractivity contribution < 1.29 is 9.84 Å². The number of hydrogen-bond acceptors (Lipinski definition) is 4. The zero-order valence-corrected chi connectivity index (χ0v) is 17.0. The fraction of sp³-hybridized carbons (Fsp3) is 0.348. The third kappa shape index (κ3) is 3.54. The van der Waals surface area contributed by atoms with Crippen LogP contribution in [0.5, 0.6) is 5.75 Å². The molecule has 1 unspecified atom stereocenters. The summed E-state index contributed by atoms with van der Waals surface area (Å²) in [5.74, 6) is 1.77. The molecule has 1 aromatic heterocycles. The molecule has 2 heterocycles. The van der Waals surface area contributed by atoms with Crippen LogP contribution in [0, 0.1) is 0 Å². The molecule has 1 atom stereocenters. The van der Waals surface area contributed by atoms with Crippen molar-refractivity contribution in [2.75, 3.05) is 13.2 Å². The first kappa shape index (κ1) is 18.7. The van der Waals surface area contributed by atoms with Crippen molar-refractivity contribution in [3.8, 4) is 17.1 Å². The number of benzene rings is 2. The molecule has 1 aliphatic carbocycles. The van der Waals surface area contributed by atoms with Crippen LogP contribution < -0.4 is 4.74 Å². The molecule has 6 heteroatoms. The summed E-state index contributed by atoms with van der Waals surface area (Å²) < 4.78 is 5.75. The SMILES string of the molecule is OCCOc1cccc2c1CN(C1CCc3nc(-c4ccccc4Cl)[nH]c3C1)C2. The highest BCUT2D eigenvalue weighted by Gasteiger charge is 2.32. The minimum absolute atomic E-state index is 0.0341. The highest BCUT2D eigenvalue weighted by Crippen LogP contribution is 2.36. The standard InChI is InChI=1S/C23H24ClN3O2/c24-19-6-2-1-5-17(19)23-25-20-9-8-16(12-21(20)26-23)27-13-15-4-3-7-22(18(15)14-27)29-11-10-28/h1-7,16,28H,8-14H2,(H,25,26). The monoisotopic (exact) mass is 409 g/mol. The second-order valence-corrected chi connectivity index (χ2v) is 8.17. The van der Waals surface area contributed by atoms with Gasteiger partial charge in [-0.05, 0) is 36.6 Å². The van der Waals surface area contributed by atoms with Crippen LogP contribution >= 0.6 is 11.6 Å². The molecule has 0 spiro atoms. The number of aliphatic hydroxyl groups excluding tert-OH is 1. The molecule has 1 aliphatic heterocycles. The Morgan fingerprint density at radius 1 is 1.17 bits per heavy atom. The molecule has 5 nitrogen and oxygen atoms in total. The van der Waals surface area contributed by atoms with E-state index in [0.717, 1.165) is 54.5 Å². The van der Waals surface area contributed by atoms with Gasteiger partial charge < -0.3 is 14.8 Å². The van der Waals surface area contributed by atoms with Gasteiger partial charge in [0, 0.05) is 42.4 Å². The van der Waals surface area contributed by atoms with E-state index in [1.165, 1.54) is 22.5 Å². The van der Waals surface area contributed by atoms with Crippen LogP contribution in [0.4, 0.5) is 0 Å². The van der Waals surface area contributed by atoms with Gasteiger partial charge in [-0.2, -0.15) is 0 Å². The van der Waals surface area contributed by atoms with Crippen LogP contribution in [0.1, 0.15) is 28.9 Å². The normalized spacial score (nSPS) is 18.5. The van der Waals surface area contributed by atoms with Crippen LogP contribution in [-0.2, 0) is 25.9 Å². The number of aromatic amines is 1. The molecule has 5 rings (SSSR count). The Bertz CT molecular complexity index is 1030. The lowest BCUT2D eigenvalue weighted by molar-refractivity contribution is 0.176. The Hall–Kier alpha value is -2.34. The van der Waals surface area contributed by atoms with Gasteiger partial charge in [-0.1, -0.05) is 35.9 Å². The Labute approximate surface area is 175 Å². The number of hydrogen-bond donors (Lipinski definition) is 2. The first-order chi connectivity index (χ1) is 14.2. The molecule has 150 valence electrons. The first-order valence-corrected chi connectivity index (χ1v) is 10.5. The lowest BCUT2D eigenvalue weighted by Crippen LogP contribution is -2.35. The van der Waals surface area contributed by atoms with E-state index in [0.29, 0.717) is 12.6 Å². The Kier molecular flexibility index (Phi) is 5.04. The third-order valence-electron chi connectivity index (χ3n) is 5.98. The van der Waals surface area contributed by atoms with Gasteiger partial charge in [0.2, 0.25) is 0 Å². The number of aryl methyl sites for hydroxylation is 1. The minimum Gasteiger partial charge on any atom is -0.491 e. The van der Waals surface area contributed by atoms with Gasteiger partial charge in [-0.3, -0.25) is 4.90 Å². The zero-order chi connectivity index (χ0) is 19.8. The van der Waals surface area contributed by atoms with Gasteiger partial charge in [-0.25, -0.2) is 4.98 Å². The molecule has 2 N–H and O–H groups in total. The van der Waals surface area contributed by atoms with Gasteiger partial charge in [0.25, 0.3) is 0 Å². The molecular formula is C23H24ClN3O2. The van der Waals surface area contributed by atoms with Crippen molar-refractivity contribution in [1.82, 2.24) is 14.9 Å². The quantitative estimate of drug-likeness (QED) is 0.669. The molecule has 2 aliphatic rings. The first-order valence-electron chi connectivity index (χ1n) is 10.1. The van der Waals surface area contributed by atoms with E-state index in [4.69, 9.17) is 26.4 Å². The lowest BCUT2D eigenvalue weighted by Gasteiger charge is -2.30. The van der Waals surface area contributed by atoms with Crippen LogP contribution in [0.3, 0.4) is 0 Å². The van der Waals surface area contributed by atoms with Crippen molar-refractivity contribution in [3.63, 3.8) is 0 Å². The summed E-state index contributed by atoms with van der Waals surface area (Å²) in [6.45, 7) is 2.20. The summed E-state index contributed by atoms with van der Waals surface area (Å²) >= 11 is 6.36. The smallest absolute Gasteiger partial charge is 0.139 e. The largest absolute Gasteiger partial charge is 0.491 e. The number of imidazole rings is 1. The predicted octanol–water partition coefficient (Wildman–Crippen LogP) is 3.97. The highest BCUT2D eigenvalue weighted by atomic mass is 35.5. The summed E-state index contributed by atoms with van der Waals surface area (Å²) in [5.41, 5.74) is 5.93. The van der Waals surface area contributed by atoms with Gasteiger partial charge in [-0.15, -0.1) is 0 Å². The molecule has 0 bridgehead atoms. The average Bonchev–Trinajstić information content (AvgIpc) is 3.36. The number of aliphatic hydroxyl groups is 1. The maximum atomic E-state index is 9.07. The maximum absolute atomic E-state index is 9.07. The van der Waals surface area contributed by atoms with Crippen LogP contribution in [-0.4, -0.2) is 39.2 Å². The third-order valence-corrected chi connectivity index (χ3v) is 6.31. The summed E-state index contributed by atoms with van der Waals surface area (Å²) in [4.78, 5) is 10.9. The van der Waals surface area contributed by atoms with Gasteiger partial charge in [0.15, 0.2) is 0 Å². The summed E-state index contributed by atoms with van der Waals surface area (Å²) in [7, 11) is 0. The number of halogens is 1. The molecule has 2 aromatic carbocycles. The fourth-order valence-corrected chi connectivity index (χ4v) is 4.75. The van der Waals surface area contributed by atoms with Crippen molar-refractivity contribution in [2.24, 2.45) is 0 Å². The zero-order valence-electron chi connectivity index (χ0n) is 16.2. The second-order valence-electron chi connectivity index (χ2n) is 7.76. The van der Waals surface area contributed by atoms with Gasteiger partial charge in [0.1, 0.15) is 18.2 Å². The summed E-state index contributed by atoms with van der Waals surface area (Å²) in [5, 5.41) is 9.80. The number of H-pyrrole nitrogens is 1. The molecule has 3 aromatic rings. The molecule has 0 saturated heterocycles.